The van der Waals surface area contributed by atoms with Crippen LogP contribution in [0, 0.1) is 0 Å². The molecule has 0 heterocycles. The van der Waals surface area contributed by atoms with Crippen molar-refractivity contribution in [2.24, 2.45) is 0 Å². The molecule has 0 aliphatic heterocycles. The highest BCUT2D eigenvalue weighted by molar-refractivity contribution is 8.00. The first kappa shape index (κ1) is 15.0. The molecule has 1 fully saturated rings. The number of benzene rings is 1. The van der Waals surface area contributed by atoms with Gasteiger partial charge < -0.3 is 15.8 Å². The summed E-state index contributed by atoms with van der Waals surface area (Å²) in [5, 5.41) is 3.39. The van der Waals surface area contributed by atoms with E-state index in [1.54, 1.807) is 25.1 Å². The minimum atomic E-state index is -0.307. The fourth-order valence-electron chi connectivity index (χ4n) is 2.33. The van der Waals surface area contributed by atoms with Crippen LogP contribution in [0.4, 0.5) is 11.4 Å². The van der Waals surface area contributed by atoms with Gasteiger partial charge in [0.2, 0.25) is 0 Å². The first-order valence-electron chi connectivity index (χ1n) is 6.96. The number of ether oxygens (including phenoxy) is 1. The van der Waals surface area contributed by atoms with Gasteiger partial charge in [-0.2, -0.15) is 11.8 Å². The lowest BCUT2D eigenvalue weighted by molar-refractivity contribution is 0.0526. The second-order valence-corrected chi connectivity index (χ2v) is 6.39. The van der Waals surface area contributed by atoms with Crippen molar-refractivity contribution in [3.63, 3.8) is 0 Å². The van der Waals surface area contributed by atoms with Crippen molar-refractivity contribution >= 4 is 29.1 Å². The number of carbonyl (C=O) groups is 1. The van der Waals surface area contributed by atoms with E-state index in [-0.39, 0.29) is 5.97 Å². The predicted octanol–water partition coefficient (Wildman–Crippen LogP) is 3.14. The highest BCUT2D eigenvalue weighted by Crippen LogP contribution is 2.43. The number of rotatable bonds is 6. The molecule has 2 rings (SSSR count). The van der Waals surface area contributed by atoms with Crippen molar-refractivity contribution in [3.05, 3.63) is 23.8 Å². The maximum absolute atomic E-state index is 11.7. The van der Waals surface area contributed by atoms with Gasteiger partial charge in [0, 0.05) is 11.3 Å². The van der Waals surface area contributed by atoms with E-state index in [4.69, 9.17) is 10.5 Å². The van der Waals surface area contributed by atoms with Gasteiger partial charge >= 0.3 is 5.97 Å². The van der Waals surface area contributed by atoms with Crippen LogP contribution in [-0.4, -0.2) is 30.1 Å². The number of nitrogen functional groups attached to an aromatic ring is 1. The second-order valence-electron chi connectivity index (χ2n) is 5.12. The Morgan fingerprint density at radius 3 is 2.80 bits per heavy atom. The number of hydrogen-bond donors (Lipinski definition) is 2. The Morgan fingerprint density at radius 1 is 1.50 bits per heavy atom. The minimum Gasteiger partial charge on any atom is -0.462 e. The highest BCUT2D eigenvalue weighted by Gasteiger charge is 2.35. The van der Waals surface area contributed by atoms with E-state index in [2.05, 4.69) is 11.6 Å². The number of anilines is 2. The van der Waals surface area contributed by atoms with E-state index >= 15 is 0 Å². The molecule has 5 heteroatoms. The average Bonchev–Trinajstić information content (AvgIpc) is 2.40. The summed E-state index contributed by atoms with van der Waals surface area (Å²) in [5.74, 6) is -0.307. The van der Waals surface area contributed by atoms with Crippen molar-refractivity contribution in [2.75, 3.05) is 30.5 Å². The number of nitrogens with two attached hydrogens (primary N) is 1. The Hall–Kier alpha value is -1.36. The van der Waals surface area contributed by atoms with E-state index in [0.29, 0.717) is 22.6 Å². The molecule has 0 atom stereocenters. The van der Waals surface area contributed by atoms with Gasteiger partial charge in [0.15, 0.2) is 0 Å². The fourth-order valence-corrected chi connectivity index (χ4v) is 3.24. The van der Waals surface area contributed by atoms with Gasteiger partial charge in [-0.3, -0.25) is 0 Å². The third-order valence-electron chi connectivity index (χ3n) is 3.86. The summed E-state index contributed by atoms with van der Waals surface area (Å²) in [4.78, 5) is 11.7. The highest BCUT2D eigenvalue weighted by atomic mass is 32.2. The number of esters is 1. The molecule has 0 saturated heterocycles. The molecule has 3 N–H and O–H groups in total. The van der Waals surface area contributed by atoms with Gasteiger partial charge in [0.25, 0.3) is 0 Å². The monoisotopic (exact) mass is 294 g/mol. The summed E-state index contributed by atoms with van der Waals surface area (Å²) < 4.78 is 5.34. The Balaban J connectivity index is 2.06. The summed E-state index contributed by atoms with van der Waals surface area (Å²) in [6, 6.07) is 5.23. The molecule has 20 heavy (non-hydrogen) atoms. The van der Waals surface area contributed by atoms with Crippen LogP contribution >= 0.6 is 11.8 Å². The largest absolute Gasteiger partial charge is 0.462 e. The molecule has 0 aromatic heterocycles. The lowest BCUT2D eigenvalue weighted by atomic mass is 9.84. The molecule has 0 radical (unpaired) electrons. The van der Waals surface area contributed by atoms with Gasteiger partial charge in [-0.15, -0.1) is 0 Å². The average molecular weight is 294 g/mol. The van der Waals surface area contributed by atoms with E-state index in [1.165, 1.54) is 19.3 Å². The maximum Gasteiger partial charge on any atom is 0.338 e. The van der Waals surface area contributed by atoms with Gasteiger partial charge in [0.1, 0.15) is 0 Å². The molecule has 0 unspecified atom stereocenters. The minimum absolute atomic E-state index is 0.307. The van der Waals surface area contributed by atoms with Crippen LogP contribution in [-0.2, 0) is 4.74 Å². The predicted molar refractivity (Wildman–Crippen MR) is 85.4 cm³/mol. The Labute approximate surface area is 124 Å². The number of thioether (sulfide) groups is 1. The molecule has 1 aliphatic rings. The number of carbonyl (C=O) groups excluding carboxylic acids is 1. The quantitative estimate of drug-likeness (QED) is 0.623. The van der Waals surface area contributed by atoms with Crippen LogP contribution < -0.4 is 11.1 Å². The molecule has 0 bridgehead atoms. The Morgan fingerprint density at radius 2 is 2.25 bits per heavy atom. The molecule has 1 aromatic carbocycles. The van der Waals surface area contributed by atoms with Crippen LogP contribution in [0.15, 0.2) is 18.2 Å². The molecular weight excluding hydrogens is 272 g/mol. The zero-order valence-corrected chi connectivity index (χ0v) is 12.9. The Kier molecular flexibility index (Phi) is 4.81. The van der Waals surface area contributed by atoms with Crippen LogP contribution in [0.5, 0.6) is 0 Å². The van der Waals surface area contributed by atoms with Crippen molar-refractivity contribution < 1.29 is 9.53 Å². The van der Waals surface area contributed by atoms with Crippen LogP contribution in [0.1, 0.15) is 36.5 Å². The first-order chi connectivity index (χ1) is 9.60. The molecule has 1 aromatic rings. The van der Waals surface area contributed by atoms with E-state index in [9.17, 15) is 4.79 Å². The van der Waals surface area contributed by atoms with Gasteiger partial charge in [-0.1, -0.05) is 6.42 Å². The summed E-state index contributed by atoms with van der Waals surface area (Å²) in [5.41, 5.74) is 7.99. The zero-order valence-electron chi connectivity index (χ0n) is 12.1. The Bertz CT molecular complexity index is 481. The van der Waals surface area contributed by atoms with Crippen molar-refractivity contribution in [1.82, 2.24) is 0 Å². The van der Waals surface area contributed by atoms with E-state index in [1.807, 2.05) is 11.8 Å². The molecule has 1 aliphatic carbocycles. The lowest BCUT2D eigenvalue weighted by Gasteiger charge is -2.40. The van der Waals surface area contributed by atoms with Crippen LogP contribution in [0.25, 0.3) is 0 Å². The van der Waals surface area contributed by atoms with Crippen LogP contribution in [0.2, 0.25) is 0 Å². The molecule has 0 spiro atoms. The summed E-state index contributed by atoms with van der Waals surface area (Å²) in [6.45, 7) is 3.05. The SMILES string of the molecule is CCOC(=O)c1ccc(N)c(NCC2(SC)CCC2)c1. The molecule has 0 amide bonds. The zero-order chi connectivity index (χ0) is 14.6. The van der Waals surface area contributed by atoms with Crippen molar-refractivity contribution in [2.45, 2.75) is 30.9 Å². The maximum atomic E-state index is 11.7. The van der Waals surface area contributed by atoms with Gasteiger partial charge in [-0.25, -0.2) is 4.79 Å². The third-order valence-corrected chi connectivity index (χ3v) is 5.28. The standard InChI is InChI=1S/C15H22N2O2S/c1-3-19-14(18)11-5-6-12(16)13(9-11)17-10-15(20-2)7-4-8-15/h5-6,9,17H,3-4,7-8,10,16H2,1-2H3. The normalized spacial score (nSPS) is 16.3. The van der Waals surface area contributed by atoms with E-state index in [0.717, 1.165) is 12.2 Å². The van der Waals surface area contributed by atoms with E-state index < -0.39 is 0 Å². The van der Waals surface area contributed by atoms with Gasteiger partial charge in [0.05, 0.1) is 23.5 Å². The molecule has 4 nitrogen and oxygen atoms in total. The smallest absolute Gasteiger partial charge is 0.338 e. The molecule has 110 valence electrons. The second kappa shape index (κ2) is 6.39. The van der Waals surface area contributed by atoms with Crippen LogP contribution in [0.3, 0.4) is 0 Å². The first-order valence-corrected chi connectivity index (χ1v) is 8.18. The van der Waals surface area contributed by atoms with Gasteiger partial charge in [-0.05, 0) is 44.2 Å². The number of hydrogen-bond acceptors (Lipinski definition) is 5. The fraction of sp³-hybridized carbons (Fsp3) is 0.533. The van der Waals surface area contributed by atoms with Crippen molar-refractivity contribution in [3.8, 4) is 0 Å². The molecular formula is C15H22N2O2S. The van der Waals surface area contributed by atoms with Crippen molar-refractivity contribution in [1.29, 1.82) is 0 Å². The summed E-state index contributed by atoms with van der Waals surface area (Å²) >= 11 is 1.91. The number of nitrogens with one attached hydrogen (secondary N) is 1. The lowest BCUT2D eigenvalue weighted by Crippen LogP contribution is -2.40. The third kappa shape index (κ3) is 3.20. The topological polar surface area (TPSA) is 64.3 Å². The molecule has 1 saturated carbocycles. The summed E-state index contributed by atoms with van der Waals surface area (Å²) in [7, 11) is 0. The summed E-state index contributed by atoms with van der Waals surface area (Å²) in [6.07, 6.45) is 5.91.